The summed E-state index contributed by atoms with van der Waals surface area (Å²) in [6.45, 7) is -0.208. The van der Waals surface area contributed by atoms with Crippen LogP contribution in [0.2, 0.25) is 0 Å². The Morgan fingerprint density at radius 1 is 1.50 bits per heavy atom. The van der Waals surface area contributed by atoms with Gasteiger partial charge in [-0.15, -0.1) is 12.4 Å². The van der Waals surface area contributed by atoms with Gasteiger partial charge in [0.05, 0.1) is 19.8 Å². The van der Waals surface area contributed by atoms with E-state index in [2.05, 4.69) is 0 Å². The highest BCUT2D eigenvalue weighted by molar-refractivity contribution is 5.85. The van der Waals surface area contributed by atoms with Gasteiger partial charge in [0.2, 0.25) is 0 Å². The maximum Gasteiger partial charge on any atom is 0.120 e. The molecule has 1 rings (SSSR count). The molecule has 5 heteroatoms. The lowest BCUT2D eigenvalue weighted by Gasteiger charge is -2.11. The van der Waals surface area contributed by atoms with Gasteiger partial charge in [0, 0.05) is 5.56 Å². The number of rotatable bonds is 3. The first-order valence-corrected chi connectivity index (χ1v) is 3.92. The molecule has 0 aromatic heterocycles. The standard InChI is InChI=1S/C9H13NO3.ClH/c1-13-6-2-3-9(12)7(4-6)8(10)5-11;/h2-4,8,11-12H,5,10H2,1H3;1H/t8-;/m1./s1. The molecule has 0 fully saturated rings. The number of aliphatic hydroxyl groups is 1. The third-order valence-corrected chi connectivity index (χ3v) is 1.83. The highest BCUT2D eigenvalue weighted by atomic mass is 35.5. The number of ether oxygens (including phenoxy) is 1. The van der Waals surface area contributed by atoms with E-state index in [0.717, 1.165) is 0 Å². The molecule has 80 valence electrons. The second-order valence-electron chi connectivity index (χ2n) is 2.71. The smallest absolute Gasteiger partial charge is 0.120 e. The first kappa shape index (κ1) is 13.0. The predicted octanol–water partition coefficient (Wildman–Crippen LogP) is 0.815. The Morgan fingerprint density at radius 2 is 2.14 bits per heavy atom. The fourth-order valence-electron chi connectivity index (χ4n) is 1.05. The fourth-order valence-corrected chi connectivity index (χ4v) is 1.05. The molecule has 0 heterocycles. The lowest BCUT2D eigenvalue weighted by Crippen LogP contribution is -2.14. The Kier molecular flexibility index (Phi) is 5.30. The SMILES string of the molecule is COc1ccc(O)c([C@H](N)CO)c1.Cl. The minimum atomic E-state index is -0.574. The third-order valence-electron chi connectivity index (χ3n) is 1.83. The van der Waals surface area contributed by atoms with Crippen molar-refractivity contribution in [2.75, 3.05) is 13.7 Å². The second kappa shape index (κ2) is 5.70. The van der Waals surface area contributed by atoms with Crippen LogP contribution in [0.15, 0.2) is 18.2 Å². The van der Waals surface area contributed by atoms with Crippen molar-refractivity contribution in [1.29, 1.82) is 0 Å². The average Bonchev–Trinajstić information content (AvgIpc) is 2.17. The van der Waals surface area contributed by atoms with Gasteiger partial charge in [0.1, 0.15) is 11.5 Å². The number of nitrogens with two attached hydrogens (primary N) is 1. The summed E-state index contributed by atoms with van der Waals surface area (Å²) >= 11 is 0. The van der Waals surface area contributed by atoms with Gasteiger partial charge in [-0.25, -0.2) is 0 Å². The van der Waals surface area contributed by atoms with Crippen LogP contribution in [0.4, 0.5) is 0 Å². The molecule has 0 radical (unpaired) electrons. The Bertz CT molecular complexity index is 293. The van der Waals surface area contributed by atoms with E-state index < -0.39 is 6.04 Å². The Labute approximate surface area is 88.7 Å². The molecule has 0 saturated heterocycles. The molecule has 0 unspecified atom stereocenters. The van der Waals surface area contributed by atoms with Crippen LogP contribution in [-0.2, 0) is 0 Å². The van der Waals surface area contributed by atoms with Crippen molar-refractivity contribution in [3.05, 3.63) is 23.8 Å². The van der Waals surface area contributed by atoms with Crippen molar-refractivity contribution < 1.29 is 14.9 Å². The van der Waals surface area contributed by atoms with E-state index in [-0.39, 0.29) is 24.8 Å². The van der Waals surface area contributed by atoms with Crippen molar-refractivity contribution in [2.45, 2.75) is 6.04 Å². The summed E-state index contributed by atoms with van der Waals surface area (Å²) in [5.74, 6) is 0.680. The second-order valence-corrected chi connectivity index (χ2v) is 2.71. The van der Waals surface area contributed by atoms with Gasteiger partial charge in [0.25, 0.3) is 0 Å². The zero-order valence-electron chi connectivity index (χ0n) is 7.80. The van der Waals surface area contributed by atoms with Gasteiger partial charge in [-0.2, -0.15) is 0 Å². The quantitative estimate of drug-likeness (QED) is 0.704. The number of hydrogen-bond donors (Lipinski definition) is 3. The molecular weight excluding hydrogens is 206 g/mol. The van der Waals surface area contributed by atoms with Gasteiger partial charge >= 0.3 is 0 Å². The van der Waals surface area contributed by atoms with Gasteiger partial charge in [-0.3, -0.25) is 0 Å². The topological polar surface area (TPSA) is 75.7 Å². The number of aromatic hydroxyl groups is 1. The lowest BCUT2D eigenvalue weighted by atomic mass is 10.1. The maximum absolute atomic E-state index is 9.39. The predicted molar refractivity (Wildman–Crippen MR) is 55.9 cm³/mol. The van der Waals surface area contributed by atoms with Gasteiger partial charge in [0.15, 0.2) is 0 Å². The zero-order valence-corrected chi connectivity index (χ0v) is 8.62. The number of benzene rings is 1. The molecular formula is C9H14ClNO3. The number of halogens is 1. The van der Waals surface area contributed by atoms with Crippen LogP contribution >= 0.6 is 12.4 Å². The van der Waals surface area contributed by atoms with E-state index in [4.69, 9.17) is 15.6 Å². The van der Waals surface area contributed by atoms with E-state index in [1.165, 1.54) is 13.2 Å². The Balaban J connectivity index is 0.00000169. The van der Waals surface area contributed by atoms with Crippen LogP contribution in [0.25, 0.3) is 0 Å². The van der Waals surface area contributed by atoms with E-state index in [0.29, 0.717) is 11.3 Å². The Morgan fingerprint density at radius 3 is 2.64 bits per heavy atom. The largest absolute Gasteiger partial charge is 0.508 e. The van der Waals surface area contributed by atoms with Gasteiger partial charge in [-0.1, -0.05) is 0 Å². The molecule has 0 aliphatic heterocycles. The molecule has 1 aromatic carbocycles. The van der Waals surface area contributed by atoms with Crippen LogP contribution in [-0.4, -0.2) is 23.9 Å². The van der Waals surface area contributed by atoms with Crippen LogP contribution in [0.1, 0.15) is 11.6 Å². The average molecular weight is 220 g/mol. The Hall–Kier alpha value is -0.970. The summed E-state index contributed by atoms with van der Waals surface area (Å²) in [5.41, 5.74) is 6.04. The third kappa shape index (κ3) is 2.77. The molecule has 0 spiro atoms. The number of hydrogen-bond acceptors (Lipinski definition) is 4. The minimum absolute atomic E-state index is 0. The van der Waals surface area contributed by atoms with Gasteiger partial charge in [-0.05, 0) is 18.2 Å². The summed E-state index contributed by atoms with van der Waals surface area (Å²) in [6, 6.07) is 4.15. The van der Waals surface area contributed by atoms with Crippen LogP contribution < -0.4 is 10.5 Å². The summed E-state index contributed by atoms with van der Waals surface area (Å²) in [7, 11) is 1.53. The molecule has 14 heavy (non-hydrogen) atoms. The first-order chi connectivity index (χ1) is 6.19. The summed E-state index contributed by atoms with van der Waals surface area (Å²) in [6.07, 6.45) is 0. The van der Waals surface area contributed by atoms with E-state index in [9.17, 15) is 5.11 Å². The first-order valence-electron chi connectivity index (χ1n) is 3.92. The number of aliphatic hydroxyl groups excluding tert-OH is 1. The van der Waals surface area contributed by atoms with Crippen molar-refractivity contribution in [3.63, 3.8) is 0 Å². The van der Waals surface area contributed by atoms with E-state index in [1.54, 1.807) is 12.1 Å². The molecule has 0 saturated carbocycles. The maximum atomic E-state index is 9.39. The molecule has 4 N–H and O–H groups in total. The van der Waals surface area contributed by atoms with E-state index in [1.807, 2.05) is 0 Å². The molecule has 0 aliphatic carbocycles. The van der Waals surface area contributed by atoms with Crippen molar-refractivity contribution in [1.82, 2.24) is 0 Å². The molecule has 0 aliphatic rings. The number of phenols is 1. The lowest BCUT2D eigenvalue weighted by molar-refractivity contribution is 0.265. The monoisotopic (exact) mass is 219 g/mol. The zero-order chi connectivity index (χ0) is 9.84. The highest BCUT2D eigenvalue weighted by Gasteiger charge is 2.10. The highest BCUT2D eigenvalue weighted by Crippen LogP contribution is 2.26. The van der Waals surface area contributed by atoms with Crippen LogP contribution in [0.5, 0.6) is 11.5 Å². The number of phenolic OH excluding ortho intramolecular Hbond substituents is 1. The van der Waals surface area contributed by atoms with E-state index >= 15 is 0 Å². The molecule has 0 amide bonds. The van der Waals surface area contributed by atoms with Crippen molar-refractivity contribution >= 4 is 12.4 Å². The minimum Gasteiger partial charge on any atom is -0.508 e. The molecule has 1 atom stereocenters. The van der Waals surface area contributed by atoms with Crippen molar-refractivity contribution in [3.8, 4) is 11.5 Å². The number of methoxy groups -OCH3 is 1. The van der Waals surface area contributed by atoms with Gasteiger partial charge < -0.3 is 20.7 Å². The normalized spacial score (nSPS) is 11.6. The summed E-state index contributed by atoms with van der Waals surface area (Å²) in [5, 5.41) is 18.2. The molecule has 1 aromatic rings. The summed E-state index contributed by atoms with van der Waals surface area (Å²) < 4.78 is 4.96. The van der Waals surface area contributed by atoms with Crippen LogP contribution in [0, 0.1) is 0 Å². The fraction of sp³-hybridized carbons (Fsp3) is 0.333. The van der Waals surface area contributed by atoms with Crippen molar-refractivity contribution in [2.24, 2.45) is 5.73 Å². The van der Waals surface area contributed by atoms with Crippen LogP contribution in [0.3, 0.4) is 0 Å². The summed E-state index contributed by atoms with van der Waals surface area (Å²) in [4.78, 5) is 0. The molecule has 0 bridgehead atoms. The molecule has 4 nitrogen and oxygen atoms in total.